The van der Waals surface area contributed by atoms with Crippen LogP contribution in [-0.4, -0.2) is 75.9 Å². The SMILES string of the molecule is CN(C)C(=O)N1CC[C@@]2(C[C@@H](NS(C)(=O)=O)CCO2)C1. The molecule has 20 heavy (non-hydrogen) atoms. The molecule has 116 valence electrons. The molecule has 2 rings (SSSR count). The lowest BCUT2D eigenvalue weighted by molar-refractivity contribution is -0.0761. The smallest absolute Gasteiger partial charge is 0.319 e. The first-order chi connectivity index (χ1) is 9.21. The lowest BCUT2D eigenvalue weighted by Crippen LogP contribution is -2.50. The Morgan fingerprint density at radius 2 is 2.15 bits per heavy atom. The maximum atomic E-state index is 12.0. The summed E-state index contributed by atoms with van der Waals surface area (Å²) in [6.07, 6.45) is 3.23. The first-order valence-corrected chi connectivity index (χ1v) is 8.67. The van der Waals surface area contributed by atoms with Gasteiger partial charge in [0.2, 0.25) is 10.0 Å². The van der Waals surface area contributed by atoms with Gasteiger partial charge < -0.3 is 14.5 Å². The van der Waals surface area contributed by atoms with Gasteiger partial charge in [-0.2, -0.15) is 0 Å². The Bertz CT molecular complexity index is 479. The van der Waals surface area contributed by atoms with Gasteiger partial charge in [0, 0.05) is 33.3 Å². The van der Waals surface area contributed by atoms with Gasteiger partial charge in [-0.25, -0.2) is 17.9 Å². The summed E-state index contributed by atoms with van der Waals surface area (Å²) in [4.78, 5) is 15.3. The average Bonchev–Trinajstić information content (AvgIpc) is 2.69. The van der Waals surface area contributed by atoms with Crippen LogP contribution in [0.25, 0.3) is 0 Å². The summed E-state index contributed by atoms with van der Waals surface area (Å²) in [5, 5.41) is 0. The van der Waals surface area contributed by atoms with E-state index in [2.05, 4.69) is 4.72 Å². The molecule has 1 N–H and O–H groups in total. The fourth-order valence-electron chi connectivity index (χ4n) is 3.01. The van der Waals surface area contributed by atoms with Crippen molar-refractivity contribution >= 4 is 16.1 Å². The molecule has 7 nitrogen and oxygen atoms in total. The highest BCUT2D eigenvalue weighted by atomic mass is 32.2. The third kappa shape index (κ3) is 3.62. The number of ether oxygens (including phenoxy) is 1. The number of urea groups is 1. The van der Waals surface area contributed by atoms with Gasteiger partial charge >= 0.3 is 6.03 Å². The monoisotopic (exact) mass is 305 g/mol. The minimum Gasteiger partial charge on any atom is -0.373 e. The van der Waals surface area contributed by atoms with Crippen LogP contribution in [0.2, 0.25) is 0 Å². The van der Waals surface area contributed by atoms with Crippen molar-refractivity contribution in [2.45, 2.75) is 30.9 Å². The summed E-state index contributed by atoms with van der Waals surface area (Å²) in [6.45, 7) is 1.71. The number of likely N-dealkylation sites (tertiary alicyclic amines) is 1. The van der Waals surface area contributed by atoms with E-state index in [-0.39, 0.29) is 12.1 Å². The first-order valence-electron chi connectivity index (χ1n) is 6.78. The summed E-state index contributed by atoms with van der Waals surface area (Å²) < 4.78 is 31.2. The van der Waals surface area contributed by atoms with E-state index in [1.807, 2.05) is 0 Å². The van der Waals surface area contributed by atoms with Crippen LogP contribution in [0.5, 0.6) is 0 Å². The molecule has 0 aromatic rings. The number of carbonyl (C=O) groups is 1. The summed E-state index contributed by atoms with van der Waals surface area (Å²) in [6, 6.07) is -0.128. The van der Waals surface area contributed by atoms with Crippen LogP contribution in [0.15, 0.2) is 0 Å². The van der Waals surface area contributed by atoms with Gasteiger partial charge in [-0.15, -0.1) is 0 Å². The van der Waals surface area contributed by atoms with Crippen LogP contribution in [0.1, 0.15) is 19.3 Å². The molecule has 0 aromatic carbocycles. The third-order valence-electron chi connectivity index (χ3n) is 3.84. The lowest BCUT2D eigenvalue weighted by atomic mass is 9.90. The zero-order chi connectivity index (χ0) is 15.0. The summed E-state index contributed by atoms with van der Waals surface area (Å²) in [5.74, 6) is 0. The minimum atomic E-state index is -3.21. The lowest BCUT2D eigenvalue weighted by Gasteiger charge is -2.38. The topological polar surface area (TPSA) is 79.0 Å². The maximum absolute atomic E-state index is 12.0. The van der Waals surface area contributed by atoms with E-state index in [1.54, 1.807) is 23.9 Å². The molecule has 8 heteroatoms. The predicted molar refractivity (Wildman–Crippen MR) is 75.0 cm³/mol. The molecule has 2 saturated heterocycles. The van der Waals surface area contributed by atoms with Crippen molar-refractivity contribution in [1.29, 1.82) is 0 Å². The Morgan fingerprint density at radius 3 is 2.75 bits per heavy atom. The molecule has 2 fully saturated rings. The second-order valence-corrected chi connectivity index (χ2v) is 7.74. The van der Waals surface area contributed by atoms with Crippen LogP contribution in [0, 0.1) is 0 Å². The molecule has 0 saturated carbocycles. The molecule has 1 spiro atoms. The Balaban J connectivity index is 2.00. The van der Waals surface area contributed by atoms with Gasteiger partial charge in [-0.3, -0.25) is 0 Å². The number of amides is 2. The van der Waals surface area contributed by atoms with Gasteiger partial charge in [-0.1, -0.05) is 0 Å². The highest BCUT2D eigenvalue weighted by Gasteiger charge is 2.45. The molecule has 0 aliphatic carbocycles. The van der Waals surface area contributed by atoms with E-state index in [9.17, 15) is 13.2 Å². The van der Waals surface area contributed by atoms with E-state index in [0.29, 0.717) is 32.5 Å². The standard InChI is InChI=1S/C12H23N3O4S/c1-14(2)11(16)15-6-5-12(9-15)8-10(4-7-19-12)13-20(3,17)18/h10,13H,4-9H2,1-3H3/t10-,12+/m0/s1. The molecule has 2 atom stereocenters. The molecule has 2 aliphatic heterocycles. The Hall–Kier alpha value is -0.860. The fraction of sp³-hybridized carbons (Fsp3) is 0.917. The molecule has 0 radical (unpaired) electrons. The van der Waals surface area contributed by atoms with Gasteiger partial charge in [0.1, 0.15) is 0 Å². The molecule has 2 aliphatic rings. The highest BCUT2D eigenvalue weighted by molar-refractivity contribution is 7.88. The molecule has 0 unspecified atom stereocenters. The quantitative estimate of drug-likeness (QED) is 0.769. The third-order valence-corrected chi connectivity index (χ3v) is 4.60. The Morgan fingerprint density at radius 1 is 1.45 bits per heavy atom. The van der Waals surface area contributed by atoms with Gasteiger partial charge in [-0.05, 0) is 19.3 Å². The van der Waals surface area contributed by atoms with Crippen molar-refractivity contribution in [2.24, 2.45) is 0 Å². The molecular formula is C12H23N3O4S. The van der Waals surface area contributed by atoms with E-state index in [0.717, 1.165) is 6.42 Å². The fourth-order valence-corrected chi connectivity index (χ4v) is 3.81. The van der Waals surface area contributed by atoms with E-state index in [1.165, 1.54) is 6.26 Å². The number of carbonyl (C=O) groups excluding carboxylic acids is 1. The maximum Gasteiger partial charge on any atom is 0.319 e. The Labute approximate surface area is 120 Å². The molecule has 2 heterocycles. The first kappa shape index (κ1) is 15.5. The normalized spacial score (nSPS) is 30.8. The van der Waals surface area contributed by atoms with E-state index in [4.69, 9.17) is 4.74 Å². The zero-order valence-corrected chi connectivity index (χ0v) is 13.1. The van der Waals surface area contributed by atoms with E-state index >= 15 is 0 Å². The number of hydrogen-bond donors (Lipinski definition) is 1. The second-order valence-electron chi connectivity index (χ2n) is 5.96. The van der Waals surface area contributed by atoms with Crippen molar-refractivity contribution < 1.29 is 17.9 Å². The predicted octanol–water partition coefficient (Wildman–Crippen LogP) is -0.159. The number of nitrogens with zero attached hydrogens (tertiary/aromatic N) is 2. The Kier molecular flexibility index (Phi) is 4.27. The molecule has 0 aromatic heterocycles. The molecule has 0 bridgehead atoms. The number of sulfonamides is 1. The van der Waals surface area contributed by atoms with Crippen LogP contribution in [0.3, 0.4) is 0 Å². The van der Waals surface area contributed by atoms with E-state index < -0.39 is 15.6 Å². The van der Waals surface area contributed by atoms with Crippen molar-refractivity contribution in [2.75, 3.05) is 40.0 Å². The van der Waals surface area contributed by atoms with Gasteiger partial charge in [0.25, 0.3) is 0 Å². The van der Waals surface area contributed by atoms with Gasteiger partial charge in [0.15, 0.2) is 0 Å². The van der Waals surface area contributed by atoms with Crippen molar-refractivity contribution in [3.8, 4) is 0 Å². The van der Waals surface area contributed by atoms with Crippen molar-refractivity contribution in [3.63, 3.8) is 0 Å². The van der Waals surface area contributed by atoms with Crippen LogP contribution in [-0.2, 0) is 14.8 Å². The van der Waals surface area contributed by atoms with Crippen molar-refractivity contribution in [3.05, 3.63) is 0 Å². The number of hydrogen-bond acceptors (Lipinski definition) is 4. The number of nitrogens with one attached hydrogen (secondary N) is 1. The van der Waals surface area contributed by atoms with Crippen LogP contribution < -0.4 is 4.72 Å². The number of rotatable bonds is 2. The van der Waals surface area contributed by atoms with Gasteiger partial charge in [0.05, 0.1) is 18.4 Å². The summed E-state index contributed by atoms with van der Waals surface area (Å²) in [5.41, 5.74) is -0.397. The molecule has 2 amide bonds. The summed E-state index contributed by atoms with van der Waals surface area (Å²) >= 11 is 0. The van der Waals surface area contributed by atoms with Crippen LogP contribution in [0.4, 0.5) is 4.79 Å². The largest absolute Gasteiger partial charge is 0.373 e. The van der Waals surface area contributed by atoms with Crippen molar-refractivity contribution in [1.82, 2.24) is 14.5 Å². The zero-order valence-electron chi connectivity index (χ0n) is 12.3. The summed E-state index contributed by atoms with van der Waals surface area (Å²) in [7, 11) is 0.243. The average molecular weight is 305 g/mol. The highest BCUT2D eigenvalue weighted by Crippen LogP contribution is 2.34. The van der Waals surface area contributed by atoms with Crippen LogP contribution >= 0.6 is 0 Å². The molecular weight excluding hydrogens is 282 g/mol. The second kappa shape index (κ2) is 5.50. The minimum absolute atomic E-state index is 0.0244.